The van der Waals surface area contributed by atoms with E-state index < -0.39 is 0 Å². The largest absolute Gasteiger partial charge is 0.497 e. The lowest BCUT2D eigenvalue weighted by Gasteiger charge is -2.07. The van der Waals surface area contributed by atoms with Gasteiger partial charge in [-0.2, -0.15) is 0 Å². The number of ether oxygens (including phenoxy) is 1. The predicted molar refractivity (Wildman–Crippen MR) is 79.4 cm³/mol. The van der Waals surface area contributed by atoms with Gasteiger partial charge in [0.1, 0.15) is 5.75 Å². The van der Waals surface area contributed by atoms with Crippen molar-refractivity contribution in [1.29, 1.82) is 0 Å². The van der Waals surface area contributed by atoms with Crippen LogP contribution in [0.2, 0.25) is 0 Å². The zero-order valence-corrected chi connectivity index (χ0v) is 12.0. The molecule has 0 atom stereocenters. The normalized spacial score (nSPS) is 10.5. The van der Waals surface area contributed by atoms with Crippen molar-refractivity contribution >= 4 is 11.8 Å². The van der Waals surface area contributed by atoms with Crippen LogP contribution in [0.3, 0.4) is 0 Å². The number of hydrogen-bond acceptors (Lipinski definition) is 4. The van der Waals surface area contributed by atoms with Gasteiger partial charge in [-0.3, -0.25) is 4.98 Å². The van der Waals surface area contributed by atoms with Gasteiger partial charge in [0.05, 0.1) is 12.8 Å². The lowest BCUT2D eigenvalue weighted by Crippen LogP contribution is -1.96. The molecule has 1 aromatic carbocycles. The molecule has 0 saturated heterocycles. The van der Waals surface area contributed by atoms with E-state index in [2.05, 4.69) is 17.1 Å². The fourth-order valence-electron chi connectivity index (χ4n) is 1.81. The first-order chi connectivity index (χ1) is 9.21. The number of hydrogen-bond donors (Lipinski definition) is 1. The smallest absolute Gasteiger partial charge is 0.122 e. The molecule has 1 aromatic heterocycles. The molecular formula is C15H18N2OS. The Bertz CT molecular complexity index is 558. The van der Waals surface area contributed by atoms with Crippen LogP contribution in [0.15, 0.2) is 41.3 Å². The van der Waals surface area contributed by atoms with Gasteiger partial charge in [-0.1, -0.05) is 12.1 Å². The number of aromatic nitrogens is 1. The molecule has 0 aliphatic rings. The molecule has 0 saturated carbocycles. The van der Waals surface area contributed by atoms with E-state index in [0.29, 0.717) is 6.54 Å². The topological polar surface area (TPSA) is 48.1 Å². The van der Waals surface area contributed by atoms with Gasteiger partial charge in [0.15, 0.2) is 0 Å². The summed E-state index contributed by atoms with van der Waals surface area (Å²) in [5, 5.41) is 0. The van der Waals surface area contributed by atoms with Gasteiger partial charge < -0.3 is 10.5 Å². The van der Waals surface area contributed by atoms with Crippen molar-refractivity contribution in [3.63, 3.8) is 0 Å². The maximum Gasteiger partial charge on any atom is 0.122 e. The Labute approximate surface area is 118 Å². The zero-order chi connectivity index (χ0) is 13.7. The van der Waals surface area contributed by atoms with Crippen LogP contribution < -0.4 is 10.5 Å². The maximum atomic E-state index is 5.65. The Morgan fingerprint density at radius 2 is 2.11 bits per heavy atom. The summed E-state index contributed by atoms with van der Waals surface area (Å²) in [6.07, 6.45) is 0. The first-order valence-electron chi connectivity index (χ1n) is 6.14. The minimum absolute atomic E-state index is 0.574. The highest BCUT2D eigenvalue weighted by molar-refractivity contribution is 7.98. The number of aryl methyl sites for hydroxylation is 1. The monoisotopic (exact) mass is 274 g/mol. The van der Waals surface area contributed by atoms with E-state index in [4.69, 9.17) is 10.5 Å². The minimum Gasteiger partial charge on any atom is -0.497 e. The SMILES string of the molecule is COc1cc(C)nc(CSc2cccc(CN)c2)c1. The first-order valence-corrected chi connectivity index (χ1v) is 7.13. The molecule has 2 rings (SSSR count). The summed E-state index contributed by atoms with van der Waals surface area (Å²) in [6.45, 7) is 2.55. The van der Waals surface area contributed by atoms with Crippen LogP contribution in [0.25, 0.3) is 0 Å². The molecule has 19 heavy (non-hydrogen) atoms. The average molecular weight is 274 g/mol. The van der Waals surface area contributed by atoms with Gasteiger partial charge in [0.2, 0.25) is 0 Å². The fraction of sp³-hybridized carbons (Fsp3) is 0.267. The second-order valence-electron chi connectivity index (χ2n) is 4.28. The van der Waals surface area contributed by atoms with E-state index in [0.717, 1.165) is 28.5 Å². The van der Waals surface area contributed by atoms with Crippen molar-refractivity contribution in [3.8, 4) is 5.75 Å². The van der Waals surface area contributed by atoms with Crippen molar-refractivity contribution in [3.05, 3.63) is 53.3 Å². The number of benzene rings is 1. The Balaban J connectivity index is 2.07. The average Bonchev–Trinajstić information content (AvgIpc) is 2.44. The standard InChI is InChI=1S/C15H18N2OS/c1-11-6-14(18-2)8-13(17-11)10-19-15-5-3-4-12(7-15)9-16/h3-8H,9-10,16H2,1-2H3. The van der Waals surface area contributed by atoms with E-state index in [1.165, 1.54) is 4.90 Å². The molecule has 100 valence electrons. The van der Waals surface area contributed by atoms with E-state index in [9.17, 15) is 0 Å². The molecule has 1 heterocycles. The summed E-state index contributed by atoms with van der Waals surface area (Å²) in [4.78, 5) is 5.73. The zero-order valence-electron chi connectivity index (χ0n) is 11.2. The van der Waals surface area contributed by atoms with Crippen molar-refractivity contribution in [2.75, 3.05) is 7.11 Å². The highest BCUT2D eigenvalue weighted by Crippen LogP contribution is 2.24. The third-order valence-corrected chi connectivity index (χ3v) is 3.76. The second-order valence-corrected chi connectivity index (χ2v) is 5.33. The van der Waals surface area contributed by atoms with Crippen LogP contribution in [-0.4, -0.2) is 12.1 Å². The van der Waals surface area contributed by atoms with Gasteiger partial charge >= 0.3 is 0 Å². The molecule has 0 unspecified atom stereocenters. The van der Waals surface area contributed by atoms with Crippen LogP contribution in [0.5, 0.6) is 5.75 Å². The number of pyridine rings is 1. The summed E-state index contributed by atoms with van der Waals surface area (Å²) in [5.74, 6) is 1.69. The number of nitrogens with two attached hydrogens (primary N) is 1. The second kappa shape index (κ2) is 6.59. The lowest BCUT2D eigenvalue weighted by atomic mass is 10.2. The van der Waals surface area contributed by atoms with Crippen molar-refractivity contribution in [2.24, 2.45) is 5.73 Å². The van der Waals surface area contributed by atoms with Gasteiger partial charge in [-0.15, -0.1) is 11.8 Å². The molecule has 4 heteroatoms. The van der Waals surface area contributed by atoms with Gasteiger partial charge in [-0.05, 0) is 24.6 Å². The lowest BCUT2D eigenvalue weighted by molar-refractivity contribution is 0.413. The van der Waals surface area contributed by atoms with E-state index >= 15 is 0 Å². The first kappa shape index (κ1) is 13.9. The van der Waals surface area contributed by atoms with Crippen molar-refractivity contribution in [2.45, 2.75) is 24.1 Å². The van der Waals surface area contributed by atoms with Crippen LogP contribution >= 0.6 is 11.8 Å². The van der Waals surface area contributed by atoms with Crippen LogP contribution in [-0.2, 0) is 12.3 Å². The number of thioether (sulfide) groups is 1. The number of nitrogens with zero attached hydrogens (tertiary/aromatic N) is 1. The Kier molecular flexibility index (Phi) is 4.82. The number of methoxy groups -OCH3 is 1. The number of rotatable bonds is 5. The van der Waals surface area contributed by atoms with Gasteiger partial charge in [0.25, 0.3) is 0 Å². The Hall–Kier alpha value is -1.52. The molecule has 0 bridgehead atoms. The summed E-state index contributed by atoms with van der Waals surface area (Å²) in [7, 11) is 1.68. The van der Waals surface area contributed by atoms with E-state index in [-0.39, 0.29) is 0 Å². The van der Waals surface area contributed by atoms with Crippen LogP contribution in [0, 0.1) is 6.92 Å². The minimum atomic E-state index is 0.574. The third-order valence-electron chi connectivity index (χ3n) is 2.74. The molecule has 0 fully saturated rings. The molecular weight excluding hydrogens is 256 g/mol. The molecule has 0 radical (unpaired) electrons. The molecule has 0 amide bonds. The summed E-state index contributed by atoms with van der Waals surface area (Å²) >= 11 is 1.76. The van der Waals surface area contributed by atoms with E-state index in [1.807, 2.05) is 31.2 Å². The predicted octanol–water partition coefficient (Wildman–Crippen LogP) is 3.15. The quantitative estimate of drug-likeness (QED) is 0.851. The highest BCUT2D eigenvalue weighted by atomic mass is 32.2. The molecule has 3 nitrogen and oxygen atoms in total. The summed E-state index contributed by atoms with van der Waals surface area (Å²) < 4.78 is 5.26. The Morgan fingerprint density at radius 1 is 1.26 bits per heavy atom. The highest BCUT2D eigenvalue weighted by Gasteiger charge is 2.02. The van der Waals surface area contributed by atoms with Crippen LogP contribution in [0.4, 0.5) is 0 Å². The van der Waals surface area contributed by atoms with Crippen molar-refractivity contribution in [1.82, 2.24) is 4.98 Å². The molecule has 0 aliphatic carbocycles. The molecule has 0 spiro atoms. The Morgan fingerprint density at radius 3 is 2.84 bits per heavy atom. The third kappa shape index (κ3) is 3.98. The summed E-state index contributed by atoms with van der Waals surface area (Å²) in [5.41, 5.74) is 8.80. The molecule has 0 aliphatic heterocycles. The van der Waals surface area contributed by atoms with Gasteiger partial charge in [0, 0.05) is 35.0 Å². The fourth-order valence-corrected chi connectivity index (χ4v) is 2.69. The maximum absolute atomic E-state index is 5.65. The molecule has 2 N–H and O–H groups in total. The van der Waals surface area contributed by atoms with Crippen molar-refractivity contribution < 1.29 is 4.74 Å². The van der Waals surface area contributed by atoms with E-state index in [1.54, 1.807) is 18.9 Å². The van der Waals surface area contributed by atoms with Gasteiger partial charge in [-0.25, -0.2) is 0 Å². The van der Waals surface area contributed by atoms with Crippen LogP contribution in [0.1, 0.15) is 17.0 Å². The molecule has 2 aromatic rings. The summed E-state index contributed by atoms with van der Waals surface area (Å²) in [6, 6.07) is 12.2.